The van der Waals surface area contributed by atoms with Gasteiger partial charge >= 0.3 is 0 Å². The van der Waals surface area contributed by atoms with Gasteiger partial charge in [-0.05, 0) is 27.7 Å². The van der Waals surface area contributed by atoms with Crippen molar-refractivity contribution in [3.63, 3.8) is 0 Å². The second kappa shape index (κ2) is 7.11. The van der Waals surface area contributed by atoms with Crippen LogP contribution >= 0.6 is 25.3 Å². The molecule has 0 saturated heterocycles. The van der Waals surface area contributed by atoms with Gasteiger partial charge in [0.05, 0.1) is 0 Å². The standard InChI is InChI=1S/C11H27N3S2/c1-10(2,15)7-13-6-9(5-12)14-8-11(3,4)16/h9,13-16H,5-8,12H2,1-4H3. The minimum absolute atomic E-state index is 0.00373. The summed E-state index contributed by atoms with van der Waals surface area (Å²) in [5.41, 5.74) is 5.71. The van der Waals surface area contributed by atoms with Crippen molar-refractivity contribution in [1.82, 2.24) is 10.6 Å². The van der Waals surface area contributed by atoms with E-state index < -0.39 is 0 Å². The zero-order valence-electron chi connectivity index (χ0n) is 10.9. The van der Waals surface area contributed by atoms with Crippen molar-refractivity contribution in [2.24, 2.45) is 5.73 Å². The molecule has 0 aromatic carbocycles. The molecule has 5 heteroatoms. The van der Waals surface area contributed by atoms with Gasteiger partial charge in [0.1, 0.15) is 0 Å². The molecule has 0 amide bonds. The van der Waals surface area contributed by atoms with E-state index in [4.69, 9.17) is 5.73 Å². The molecule has 16 heavy (non-hydrogen) atoms. The lowest BCUT2D eigenvalue weighted by atomic mass is 10.1. The van der Waals surface area contributed by atoms with Gasteiger partial charge < -0.3 is 16.4 Å². The Hall–Kier alpha value is 0.580. The van der Waals surface area contributed by atoms with Crippen molar-refractivity contribution < 1.29 is 0 Å². The van der Waals surface area contributed by atoms with Crippen molar-refractivity contribution in [3.05, 3.63) is 0 Å². The first-order valence-corrected chi connectivity index (χ1v) is 6.62. The number of hydrogen-bond donors (Lipinski definition) is 5. The van der Waals surface area contributed by atoms with E-state index in [0.717, 1.165) is 19.6 Å². The Bertz CT molecular complexity index is 185. The van der Waals surface area contributed by atoms with Crippen molar-refractivity contribution >= 4 is 25.3 Å². The summed E-state index contributed by atoms with van der Waals surface area (Å²) < 4.78 is 0.0121. The molecule has 0 aromatic heterocycles. The highest BCUT2D eigenvalue weighted by Crippen LogP contribution is 2.10. The maximum atomic E-state index is 5.71. The maximum Gasteiger partial charge on any atom is 0.0315 e. The Kier molecular flexibility index (Phi) is 7.37. The average Bonchev–Trinajstić information content (AvgIpc) is 2.07. The van der Waals surface area contributed by atoms with E-state index in [0.29, 0.717) is 12.6 Å². The molecule has 4 N–H and O–H groups in total. The molecule has 1 atom stereocenters. The largest absolute Gasteiger partial charge is 0.329 e. The molecule has 0 aliphatic rings. The van der Waals surface area contributed by atoms with E-state index in [9.17, 15) is 0 Å². The molecule has 0 saturated carbocycles. The van der Waals surface area contributed by atoms with Gasteiger partial charge in [-0.25, -0.2) is 0 Å². The number of nitrogens with one attached hydrogen (secondary N) is 2. The van der Waals surface area contributed by atoms with Crippen LogP contribution in [0.5, 0.6) is 0 Å². The Labute approximate surface area is 111 Å². The third-order valence-electron chi connectivity index (χ3n) is 2.06. The molecular weight excluding hydrogens is 238 g/mol. The van der Waals surface area contributed by atoms with E-state index in [1.807, 2.05) is 0 Å². The average molecular weight is 265 g/mol. The molecule has 0 aliphatic heterocycles. The van der Waals surface area contributed by atoms with E-state index in [1.165, 1.54) is 0 Å². The molecule has 0 spiro atoms. The molecule has 1 unspecified atom stereocenters. The molecule has 98 valence electrons. The predicted molar refractivity (Wildman–Crippen MR) is 79.8 cm³/mol. The maximum absolute atomic E-state index is 5.71. The zero-order chi connectivity index (χ0) is 12.8. The topological polar surface area (TPSA) is 50.1 Å². The summed E-state index contributed by atoms with van der Waals surface area (Å²) in [7, 11) is 0. The molecular formula is C11H27N3S2. The molecule has 0 heterocycles. The van der Waals surface area contributed by atoms with E-state index in [2.05, 4.69) is 63.6 Å². The third kappa shape index (κ3) is 11.1. The van der Waals surface area contributed by atoms with E-state index in [1.54, 1.807) is 0 Å². The van der Waals surface area contributed by atoms with Crippen LogP contribution in [0.15, 0.2) is 0 Å². The highest BCUT2D eigenvalue weighted by atomic mass is 32.1. The number of rotatable bonds is 8. The second-order valence-corrected chi connectivity index (χ2v) is 7.99. The SMILES string of the molecule is CC(C)(S)CNCC(CN)NCC(C)(C)S. The fourth-order valence-corrected chi connectivity index (χ4v) is 1.39. The lowest BCUT2D eigenvalue weighted by molar-refractivity contribution is 0.449. The third-order valence-corrected chi connectivity index (χ3v) is 2.37. The molecule has 3 nitrogen and oxygen atoms in total. The Morgan fingerprint density at radius 3 is 1.94 bits per heavy atom. The van der Waals surface area contributed by atoms with Gasteiger partial charge in [-0.1, -0.05) is 0 Å². The van der Waals surface area contributed by atoms with E-state index in [-0.39, 0.29) is 9.49 Å². The number of hydrogen-bond acceptors (Lipinski definition) is 5. The van der Waals surface area contributed by atoms with Gasteiger partial charge in [0.2, 0.25) is 0 Å². The highest BCUT2D eigenvalue weighted by molar-refractivity contribution is 7.82. The summed E-state index contributed by atoms with van der Waals surface area (Å²) in [4.78, 5) is 0. The van der Waals surface area contributed by atoms with Crippen LogP contribution in [-0.2, 0) is 0 Å². The summed E-state index contributed by atoms with van der Waals surface area (Å²) in [5.74, 6) is 0. The minimum Gasteiger partial charge on any atom is -0.329 e. The van der Waals surface area contributed by atoms with Crippen LogP contribution in [0.3, 0.4) is 0 Å². The second-order valence-electron chi connectivity index (χ2n) is 5.57. The van der Waals surface area contributed by atoms with Crippen LogP contribution in [-0.4, -0.2) is 41.7 Å². The van der Waals surface area contributed by atoms with Crippen LogP contribution in [0, 0.1) is 0 Å². The minimum atomic E-state index is -0.00373. The fraction of sp³-hybridized carbons (Fsp3) is 1.00. The van der Waals surface area contributed by atoms with Crippen LogP contribution in [0.2, 0.25) is 0 Å². The van der Waals surface area contributed by atoms with E-state index >= 15 is 0 Å². The molecule has 0 aromatic rings. The highest BCUT2D eigenvalue weighted by Gasteiger charge is 2.15. The van der Waals surface area contributed by atoms with Crippen LogP contribution < -0.4 is 16.4 Å². The lowest BCUT2D eigenvalue weighted by Gasteiger charge is -2.25. The molecule has 0 aliphatic carbocycles. The van der Waals surface area contributed by atoms with Gasteiger partial charge in [-0.3, -0.25) is 0 Å². The lowest BCUT2D eigenvalue weighted by Crippen LogP contribution is -2.48. The van der Waals surface area contributed by atoms with Crippen LogP contribution in [0.25, 0.3) is 0 Å². The first-order chi connectivity index (χ1) is 7.14. The molecule has 0 rings (SSSR count). The Morgan fingerprint density at radius 2 is 1.56 bits per heavy atom. The van der Waals surface area contributed by atoms with Crippen molar-refractivity contribution in [2.75, 3.05) is 26.2 Å². The summed E-state index contributed by atoms with van der Waals surface area (Å²) in [5, 5.41) is 6.78. The number of nitrogens with two attached hydrogens (primary N) is 1. The smallest absolute Gasteiger partial charge is 0.0315 e. The van der Waals surface area contributed by atoms with Crippen LogP contribution in [0.4, 0.5) is 0 Å². The monoisotopic (exact) mass is 265 g/mol. The van der Waals surface area contributed by atoms with Gasteiger partial charge in [-0.2, -0.15) is 25.3 Å². The molecule has 0 bridgehead atoms. The molecule has 0 fully saturated rings. The van der Waals surface area contributed by atoms with Crippen molar-refractivity contribution in [3.8, 4) is 0 Å². The summed E-state index contributed by atoms with van der Waals surface area (Å²) >= 11 is 8.93. The summed E-state index contributed by atoms with van der Waals surface area (Å²) in [6.45, 7) is 11.6. The van der Waals surface area contributed by atoms with Gasteiger partial charge in [0.15, 0.2) is 0 Å². The van der Waals surface area contributed by atoms with Gasteiger partial charge in [0, 0.05) is 41.7 Å². The van der Waals surface area contributed by atoms with Gasteiger partial charge in [-0.15, -0.1) is 0 Å². The summed E-state index contributed by atoms with van der Waals surface area (Å²) in [6, 6.07) is 0.294. The first kappa shape index (κ1) is 16.6. The normalized spacial score (nSPS) is 15.2. The number of thiol groups is 2. The van der Waals surface area contributed by atoms with Crippen molar-refractivity contribution in [2.45, 2.75) is 43.2 Å². The summed E-state index contributed by atoms with van der Waals surface area (Å²) in [6.07, 6.45) is 0. The fourth-order valence-electron chi connectivity index (χ4n) is 1.19. The van der Waals surface area contributed by atoms with Crippen LogP contribution in [0.1, 0.15) is 27.7 Å². The first-order valence-electron chi connectivity index (χ1n) is 5.73. The molecule has 0 radical (unpaired) electrons. The Morgan fingerprint density at radius 1 is 1.06 bits per heavy atom. The Balaban J connectivity index is 3.76. The van der Waals surface area contributed by atoms with Gasteiger partial charge in [0.25, 0.3) is 0 Å². The quantitative estimate of drug-likeness (QED) is 0.424. The predicted octanol–water partition coefficient (Wildman–Crippen LogP) is 0.910. The van der Waals surface area contributed by atoms with Crippen molar-refractivity contribution in [1.29, 1.82) is 0 Å². The zero-order valence-corrected chi connectivity index (χ0v) is 12.7.